The first-order chi connectivity index (χ1) is 10.4. The van der Waals surface area contributed by atoms with Crippen molar-refractivity contribution < 1.29 is 13.0 Å². The summed E-state index contributed by atoms with van der Waals surface area (Å²) in [5, 5.41) is 0. The number of benzene rings is 1. The van der Waals surface area contributed by atoms with Crippen LogP contribution < -0.4 is 0 Å². The lowest BCUT2D eigenvalue weighted by molar-refractivity contribution is 0.326. The van der Waals surface area contributed by atoms with Crippen molar-refractivity contribution in [2.24, 2.45) is 0 Å². The Labute approximate surface area is 144 Å². The molecule has 0 heterocycles. The van der Waals surface area contributed by atoms with Gasteiger partial charge in [0.1, 0.15) is 0 Å². The first kappa shape index (κ1) is 20.8. The Morgan fingerprint density at radius 3 is 1.87 bits per heavy atom. The number of rotatable bonds is 9. The molecule has 0 fully saturated rings. The number of hydrogen-bond donors (Lipinski definition) is 0. The van der Waals surface area contributed by atoms with Crippen LogP contribution in [0.25, 0.3) is 0 Å². The third-order valence-electron chi connectivity index (χ3n) is 2.88. The highest BCUT2D eigenvalue weighted by molar-refractivity contribution is 7.57. The molecule has 0 unspecified atom stereocenters. The average Bonchev–Trinajstić information content (AvgIpc) is 2.33. The predicted molar refractivity (Wildman–Crippen MR) is 104 cm³/mol. The average molecular weight is 374 g/mol. The summed E-state index contributed by atoms with van der Waals surface area (Å²) in [7, 11) is -4.84. The van der Waals surface area contributed by atoms with E-state index >= 15 is 0 Å². The molecule has 0 bridgehead atoms. The minimum Gasteiger partial charge on any atom is -0.352 e. The molecular weight excluding hydrogens is 341 g/mol. The standard InChI is InChI=1S/C16H32NO3PSi2/c1-17(15-16-11-9-8-10-12-16)13-14-21(18,19-22(2,3)4)20-23(5,6)7/h8-12H,13-15H2,1-7H3. The first-order valence-electron chi connectivity index (χ1n) is 8.12. The summed E-state index contributed by atoms with van der Waals surface area (Å²) in [6, 6.07) is 10.3. The van der Waals surface area contributed by atoms with E-state index in [2.05, 4.69) is 56.3 Å². The minimum absolute atomic E-state index is 0.449. The molecular formula is C16H32NO3PSi2. The smallest absolute Gasteiger partial charge is 0.312 e. The summed E-state index contributed by atoms with van der Waals surface area (Å²) in [6.45, 7) is 13.9. The highest BCUT2D eigenvalue weighted by Gasteiger charge is 2.36. The molecule has 1 aromatic carbocycles. The van der Waals surface area contributed by atoms with Gasteiger partial charge in [-0.1, -0.05) is 30.3 Å². The van der Waals surface area contributed by atoms with Gasteiger partial charge in [0, 0.05) is 13.1 Å². The van der Waals surface area contributed by atoms with E-state index in [0.29, 0.717) is 12.7 Å². The third kappa shape index (κ3) is 9.60. The Morgan fingerprint density at radius 1 is 0.957 bits per heavy atom. The fraction of sp³-hybridized carbons (Fsp3) is 0.625. The summed E-state index contributed by atoms with van der Waals surface area (Å²) in [4.78, 5) is 2.17. The molecule has 4 nitrogen and oxygen atoms in total. The van der Waals surface area contributed by atoms with Gasteiger partial charge in [-0.05, 0) is 51.9 Å². The van der Waals surface area contributed by atoms with Gasteiger partial charge in [-0.15, -0.1) is 0 Å². The van der Waals surface area contributed by atoms with Gasteiger partial charge >= 0.3 is 7.60 Å². The van der Waals surface area contributed by atoms with Gasteiger partial charge in [0.15, 0.2) is 16.6 Å². The Kier molecular flexibility index (Phi) is 7.45. The van der Waals surface area contributed by atoms with E-state index in [-0.39, 0.29) is 0 Å². The number of nitrogens with zero attached hydrogens (tertiary/aromatic N) is 1. The molecule has 0 aliphatic rings. The maximum atomic E-state index is 13.2. The highest BCUT2D eigenvalue weighted by Crippen LogP contribution is 2.52. The summed E-state index contributed by atoms with van der Waals surface area (Å²) < 4.78 is 25.2. The van der Waals surface area contributed by atoms with Crippen LogP contribution in [0.1, 0.15) is 5.56 Å². The van der Waals surface area contributed by atoms with Crippen molar-refractivity contribution in [2.45, 2.75) is 45.8 Å². The highest BCUT2D eigenvalue weighted by atomic mass is 31.2. The van der Waals surface area contributed by atoms with E-state index in [1.807, 2.05) is 25.2 Å². The molecule has 0 spiro atoms. The molecule has 0 saturated heterocycles. The van der Waals surface area contributed by atoms with Crippen LogP contribution >= 0.6 is 7.60 Å². The van der Waals surface area contributed by atoms with Crippen LogP contribution in [0.2, 0.25) is 39.3 Å². The molecule has 0 aliphatic carbocycles. The number of hydrogen-bond acceptors (Lipinski definition) is 4. The van der Waals surface area contributed by atoms with Crippen LogP contribution in [0.4, 0.5) is 0 Å². The van der Waals surface area contributed by atoms with Crippen molar-refractivity contribution in [1.82, 2.24) is 4.90 Å². The Bertz CT molecular complexity index is 506. The van der Waals surface area contributed by atoms with Gasteiger partial charge in [-0.2, -0.15) is 0 Å². The maximum Gasteiger partial charge on any atom is 0.312 e. The van der Waals surface area contributed by atoms with Crippen LogP contribution in [-0.4, -0.2) is 41.3 Å². The van der Waals surface area contributed by atoms with Crippen molar-refractivity contribution >= 4 is 24.2 Å². The van der Waals surface area contributed by atoms with Crippen molar-refractivity contribution in [1.29, 1.82) is 0 Å². The fourth-order valence-corrected chi connectivity index (χ4v) is 10.7. The van der Waals surface area contributed by atoms with Gasteiger partial charge in [0.05, 0.1) is 6.16 Å². The lowest BCUT2D eigenvalue weighted by Crippen LogP contribution is -2.32. The SMILES string of the molecule is CN(CCP(=O)(O[Si](C)(C)C)O[Si](C)(C)C)Cc1ccccc1. The molecule has 0 radical (unpaired) electrons. The van der Waals surface area contributed by atoms with Crippen LogP contribution in [-0.2, 0) is 19.5 Å². The van der Waals surface area contributed by atoms with E-state index in [1.54, 1.807) is 0 Å². The van der Waals surface area contributed by atoms with Gasteiger partial charge in [-0.25, -0.2) is 0 Å². The zero-order valence-electron chi connectivity index (χ0n) is 15.6. The Morgan fingerprint density at radius 2 is 1.43 bits per heavy atom. The normalized spacial score (nSPS) is 13.6. The van der Waals surface area contributed by atoms with Crippen LogP contribution in [0.5, 0.6) is 0 Å². The van der Waals surface area contributed by atoms with Gasteiger partial charge in [-0.3, -0.25) is 4.57 Å². The first-order valence-corrected chi connectivity index (χ1v) is 16.7. The topological polar surface area (TPSA) is 38.8 Å². The van der Waals surface area contributed by atoms with Crippen molar-refractivity contribution in [3.05, 3.63) is 35.9 Å². The van der Waals surface area contributed by atoms with E-state index < -0.39 is 24.2 Å². The van der Waals surface area contributed by atoms with Crippen molar-refractivity contribution in [3.8, 4) is 0 Å². The van der Waals surface area contributed by atoms with Gasteiger partial charge < -0.3 is 13.3 Å². The molecule has 0 aliphatic heterocycles. The molecule has 0 saturated carbocycles. The van der Waals surface area contributed by atoms with Crippen molar-refractivity contribution in [3.63, 3.8) is 0 Å². The summed E-state index contributed by atoms with van der Waals surface area (Å²) in [5.74, 6) is 0. The van der Waals surface area contributed by atoms with E-state index in [0.717, 1.165) is 6.54 Å². The molecule has 0 aromatic heterocycles. The van der Waals surface area contributed by atoms with Gasteiger partial charge in [0.25, 0.3) is 0 Å². The quantitative estimate of drug-likeness (QED) is 0.450. The zero-order chi connectivity index (χ0) is 17.7. The van der Waals surface area contributed by atoms with E-state index in [4.69, 9.17) is 8.43 Å². The molecule has 0 N–H and O–H groups in total. The van der Waals surface area contributed by atoms with Crippen LogP contribution in [0.3, 0.4) is 0 Å². The van der Waals surface area contributed by atoms with Crippen LogP contribution in [0.15, 0.2) is 30.3 Å². The van der Waals surface area contributed by atoms with Crippen molar-refractivity contribution in [2.75, 3.05) is 19.8 Å². The molecule has 0 amide bonds. The summed E-state index contributed by atoms with van der Waals surface area (Å²) in [6.07, 6.45) is 0.449. The second-order valence-corrected chi connectivity index (χ2v) is 19.5. The molecule has 1 rings (SSSR count). The predicted octanol–water partition coefficient (Wildman–Crippen LogP) is 5.01. The fourth-order valence-electron chi connectivity index (χ4n) is 2.21. The summed E-state index contributed by atoms with van der Waals surface area (Å²) in [5.41, 5.74) is 1.25. The van der Waals surface area contributed by atoms with E-state index in [1.165, 1.54) is 5.56 Å². The largest absolute Gasteiger partial charge is 0.352 e. The molecule has 23 heavy (non-hydrogen) atoms. The monoisotopic (exact) mass is 373 g/mol. The van der Waals surface area contributed by atoms with E-state index in [9.17, 15) is 4.57 Å². The third-order valence-corrected chi connectivity index (χ3v) is 10.2. The zero-order valence-corrected chi connectivity index (χ0v) is 18.5. The van der Waals surface area contributed by atoms with Crippen LogP contribution in [0, 0.1) is 0 Å². The second-order valence-electron chi connectivity index (χ2n) is 7.97. The minimum atomic E-state index is -3.04. The molecule has 7 heteroatoms. The molecule has 132 valence electrons. The maximum absolute atomic E-state index is 13.2. The molecule has 0 atom stereocenters. The lowest BCUT2D eigenvalue weighted by Gasteiger charge is -2.32. The molecule has 1 aromatic rings. The summed E-state index contributed by atoms with van der Waals surface area (Å²) >= 11 is 0. The Balaban J connectivity index is 2.68. The van der Waals surface area contributed by atoms with Gasteiger partial charge in [0.2, 0.25) is 0 Å². The second kappa shape index (κ2) is 8.23. The lowest BCUT2D eigenvalue weighted by atomic mass is 10.2. The Hall–Kier alpha value is -0.236.